The number of esters is 1. The first-order valence-corrected chi connectivity index (χ1v) is 14.4. The number of nitrogens with one attached hydrogen (secondary N) is 1. The van der Waals surface area contributed by atoms with Crippen LogP contribution in [0.4, 0.5) is 0 Å². The largest absolute Gasteiger partial charge is 0.494 e. The zero-order valence-corrected chi connectivity index (χ0v) is 25.5. The molecule has 0 radical (unpaired) electrons. The van der Waals surface area contributed by atoms with E-state index in [1.807, 2.05) is 24.3 Å². The summed E-state index contributed by atoms with van der Waals surface area (Å²) in [6.45, 7) is 10.3. The molecule has 0 unspecified atom stereocenters. The number of amides is 1. The molecule has 1 aliphatic rings. The van der Waals surface area contributed by atoms with E-state index < -0.39 is 23.2 Å². The van der Waals surface area contributed by atoms with Gasteiger partial charge in [-0.1, -0.05) is 24.3 Å². The zero-order valence-electron chi connectivity index (χ0n) is 25.5. The Morgan fingerprint density at radius 1 is 1.14 bits per heavy atom. The third kappa shape index (κ3) is 9.47. The summed E-state index contributed by atoms with van der Waals surface area (Å²) in [4.78, 5) is 35.6. The maximum absolute atomic E-state index is 14.1. The molecule has 11 heteroatoms. The monoisotopic (exact) mass is 595 g/mol. The van der Waals surface area contributed by atoms with Gasteiger partial charge in [0, 0.05) is 55.6 Å². The third-order valence-electron chi connectivity index (χ3n) is 6.65. The molecule has 0 aliphatic carbocycles. The number of nitrogens with zero attached hydrogens (tertiary/aromatic N) is 3. The van der Waals surface area contributed by atoms with Crippen molar-refractivity contribution < 1.29 is 38.4 Å². The summed E-state index contributed by atoms with van der Waals surface area (Å²) in [5.41, 5.74) is -0.0420. The lowest BCUT2D eigenvalue weighted by atomic mass is 9.81. The lowest BCUT2D eigenvalue weighted by Gasteiger charge is -2.31. The predicted molar refractivity (Wildman–Crippen MR) is 161 cm³/mol. The van der Waals surface area contributed by atoms with Gasteiger partial charge in [0.25, 0.3) is 12.6 Å². The summed E-state index contributed by atoms with van der Waals surface area (Å²) in [6, 6.07) is 14.6. The number of carbonyl (C=O) groups excluding carboxylic acids is 2. The van der Waals surface area contributed by atoms with Gasteiger partial charge in [-0.25, -0.2) is 4.99 Å². The number of hydrogen-bond donors (Lipinski definition) is 2. The van der Waals surface area contributed by atoms with Crippen molar-refractivity contribution in [1.29, 1.82) is 0 Å². The molecule has 232 valence electrons. The Hall–Kier alpha value is -4.05. The van der Waals surface area contributed by atoms with Gasteiger partial charge in [-0.2, -0.15) is 0 Å². The summed E-state index contributed by atoms with van der Waals surface area (Å²) in [5.74, 6) is 0.0784. The molecule has 0 aromatic heterocycles. The van der Waals surface area contributed by atoms with Gasteiger partial charge in [0.2, 0.25) is 5.90 Å². The normalized spacial score (nSPS) is 17.8. The van der Waals surface area contributed by atoms with Gasteiger partial charge < -0.3 is 29.4 Å². The molecular formula is C32H43N4O7+. The van der Waals surface area contributed by atoms with Crippen LogP contribution in [0.5, 0.6) is 5.75 Å². The van der Waals surface area contributed by atoms with Crippen molar-refractivity contribution in [3.05, 3.63) is 65.2 Å². The van der Waals surface area contributed by atoms with Crippen LogP contribution < -0.4 is 10.1 Å². The molecule has 2 aromatic rings. The Labute approximate surface area is 253 Å². The van der Waals surface area contributed by atoms with E-state index in [0.717, 1.165) is 5.56 Å². The first-order chi connectivity index (χ1) is 20.6. The molecule has 2 aromatic carbocycles. The Morgan fingerprint density at radius 3 is 2.56 bits per heavy atom. The molecular weight excluding hydrogens is 552 g/mol. The van der Waals surface area contributed by atoms with Crippen molar-refractivity contribution >= 4 is 24.5 Å². The summed E-state index contributed by atoms with van der Waals surface area (Å²) < 4.78 is 22.9. The fourth-order valence-corrected chi connectivity index (χ4v) is 4.66. The Balaban J connectivity index is 2.07. The van der Waals surface area contributed by atoms with Crippen LogP contribution in [-0.2, 0) is 30.3 Å². The lowest BCUT2D eigenvalue weighted by Crippen LogP contribution is -2.49. The van der Waals surface area contributed by atoms with E-state index in [0.29, 0.717) is 49.5 Å². The van der Waals surface area contributed by atoms with E-state index >= 15 is 0 Å². The highest BCUT2D eigenvalue weighted by molar-refractivity contribution is 6.01. The molecule has 1 aliphatic heterocycles. The van der Waals surface area contributed by atoms with E-state index in [9.17, 15) is 9.59 Å². The van der Waals surface area contributed by atoms with E-state index in [-0.39, 0.29) is 37.8 Å². The summed E-state index contributed by atoms with van der Waals surface area (Å²) >= 11 is 0. The Kier molecular flexibility index (Phi) is 12.4. The van der Waals surface area contributed by atoms with E-state index in [1.54, 1.807) is 52.1 Å². The number of rotatable bonds is 16. The molecule has 0 bridgehead atoms. The van der Waals surface area contributed by atoms with Crippen LogP contribution in [0.1, 0.15) is 69.2 Å². The summed E-state index contributed by atoms with van der Waals surface area (Å²) in [7, 11) is 1.60. The second-order valence-electron chi connectivity index (χ2n) is 11.1. The van der Waals surface area contributed by atoms with Crippen LogP contribution in [0, 0.1) is 0 Å². The molecule has 11 nitrogen and oxygen atoms in total. The van der Waals surface area contributed by atoms with E-state index in [2.05, 4.69) is 21.9 Å². The molecule has 0 saturated heterocycles. The fourth-order valence-electron chi connectivity index (χ4n) is 4.66. The number of aliphatic imine (C=N–C) groups is 1. The highest BCUT2D eigenvalue weighted by Crippen LogP contribution is 2.44. The smallest absolute Gasteiger partial charge is 0.306 e. The second kappa shape index (κ2) is 16.0. The highest BCUT2D eigenvalue weighted by Gasteiger charge is 2.53. The fraction of sp³-hybridized carbons (Fsp3) is 0.500. The molecule has 43 heavy (non-hydrogen) atoms. The first kappa shape index (κ1) is 33.5. The van der Waals surface area contributed by atoms with Crippen molar-refractivity contribution in [2.45, 2.75) is 70.2 Å². The van der Waals surface area contributed by atoms with Crippen molar-refractivity contribution in [3.8, 4) is 5.75 Å². The molecule has 1 amide bonds. The minimum Gasteiger partial charge on any atom is -0.494 e. The third-order valence-corrected chi connectivity index (χ3v) is 6.65. The molecule has 0 saturated carbocycles. The molecule has 0 spiro atoms. The van der Waals surface area contributed by atoms with Gasteiger partial charge >= 0.3 is 5.97 Å². The lowest BCUT2D eigenvalue weighted by molar-refractivity contribution is -0.155. The minimum absolute atomic E-state index is 0.0414. The summed E-state index contributed by atoms with van der Waals surface area (Å²) in [5, 5.41) is 16.1. The highest BCUT2D eigenvalue weighted by atomic mass is 16.6. The van der Waals surface area contributed by atoms with Gasteiger partial charge in [0.15, 0.2) is 11.6 Å². The van der Waals surface area contributed by atoms with E-state index in [4.69, 9.17) is 29.0 Å². The van der Waals surface area contributed by atoms with Crippen LogP contribution in [0.2, 0.25) is 0 Å². The van der Waals surface area contributed by atoms with Crippen LogP contribution in [-0.4, -0.2) is 79.0 Å². The van der Waals surface area contributed by atoms with Crippen LogP contribution >= 0.6 is 0 Å². The topological polar surface area (TPSA) is 142 Å². The minimum atomic E-state index is -1.49. The number of aliphatic hydroxyl groups is 1. The van der Waals surface area contributed by atoms with Gasteiger partial charge in [0.1, 0.15) is 17.9 Å². The first-order valence-electron chi connectivity index (χ1n) is 14.4. The Morgan fingerprint density at radius 2 is 1.88 bits per heavy atom. The van der Waals surface area contributed by atoms with Crippen LogP contribution in [0.15, 0.2) is 58.6 Å². The molecule has 0 fully saturated rings. The van der Waals surface area contributed by atoms with Gasteiger partial charge in [-0.3, -0.25) is 9.59 Å². The average molecular weight is 596 g/mol. The zero-order chi connectivity index (χ0) is 31.3. The Bertz CT molecular complexity index is 1300. The number of methoxy groups -OCH3 is 1. The van der Waals surface area contributed by atoms with Crippen molar-refractivity contribution in [3.63, 3.8) is 0 Å². The van der Waals surface area contributed by atoms with E-state index in [1.165, 1.54) is 0 Å². The average Bonchev–Trinajstić information content (AvgIpc) is 3.37. The van der Waals surface area contributed by atoms with Crippen molar-refractivity contribution in [2.75, 3.05) is 33.5 Å². The van der Waals surface area contributed by atoms with Gasteiger partial charge in [0.05, 0.1) is 11.7 Å². The molecule has 2 atom stereocenters. The number of ether oxygens (including phenoxy) is 4. The number of carbonyl (C=O) groups is 2. The number of aliphatic hydroxyl groups excluding tert-OH is 1. The van der Waals surface area contributed by atoms with Crippen molar-refractivity contribution in [1.82, 2.24) is 5.32 Å². The van der Waals surface area contributed by atoms with Gasteiger partial charge in [-0.15, -0.1) is 0 Å². The molecule has 3 rings (SSSR count). The quantitative estimate of drug-likeness (QED) is 0.0987. The number of benzene rings is 2. The second-order valence-corrected chi connectivity index (χ2v) is 11.1. The number of hydrogen-bond acceptors (Lipinski definition) is 9. The van der Waals surface area contributed by atoms with Gasteiger partial charge in [-0.05, 0) is 63.4 Å². The molecule has 2 N–H and O–H groups in total. The van der Waals surface area contributed by atoms with Crippen molar-refractivity contribution in [2.24, 2.45) is 10.1 Å². The maximum atomic E-state index is 14.1. The van der Waals surface area contributed by atoms with Crippen LogP contribution in [0.25, 0.3) is 0 Å². The standard InChI is InChI=1S/C32H42N4O7/c1-31(2,3)43-27(38)16-17-32(30(39)34-18-8-20-40-5)28(26-11-7-6-10-24(26)22-35-33-4)42-29(36-32)23-12-14-25(15-13-23)41-21-9-19-37/h6-7,10-15,28,37H,4,8-9,16-22H2,1-3,5H3/p+1/t28-,32-/m0/s1. The summed E-state index contributed by atoms with van der Waals surface area (Å²) in [6.07, 6.45) is 0.234. The molecule has 1 heterocycles. The SMILES string of the molecule is C=[N+]=NCc1ccccc1[C@@H]1OC(c2ccc(OCCCO)cc2)=N[C@]1(CCC(=O)OC(C)(C)C)C(=O)NCCCOC. The maximum Gasteiger partial charge on any atom is 0.306 e. The van der Waals surface area contributed by atoms with Crippen LogP contribution in [0.3, 0.4) is 0 Å². The predicted octanol–water partition coefficient (Wildman–Crippen LogP) is 3.84.